The van der Waals surface area contributed by atoms with Crippen molar-refractivity contribution in [2.45, 2.75) is 6.92 Å². The second kappa shape index (κ2) is 3.92. The van der Waals surface area contributed by atoms with Crippen LogP contribution in [0, 0.1) is 6.92 Å². The van der Waals surface area contributed by atoms with Gasteiger partial charge in [-0.1, -0.05) is 17.7 Å². The summed E-state index contributed by atoms with van der Waals surface area (Å²) >= 11 is 0. The molecule has 0 bridgehead atoms. The fourth-order valence-electron chi connectivity index (χ4n) is 0.793. The zero-order valence-corrected chi connectivity index (χ0v) is 8.07. The summed E-state index contributed by atoms with van der Waals surface area (Å²) < 4.78 is 15.3. The fraction of sp³-hybridized carbons (Fsp3) is 0.250. The molecule has 13 heavy (non-hydrogen) atoms. The van der Waals surface area contributed by atoms with Crippen molar-refractivity contribution in [2.75, 3.05) is 6.35 Å². The van der Waals surface area contributed by atoms with Gasteiger partial charge in [0.2, 0.25) is 0 Å². The number of ether oxygens (including phenoxy) is 1. The lowest BCUT2D eigenvalue weighted by Gasteiger charge is -2.06. The molecule has 4 nitrogen and oxygen atoms in total. The summed E-state index contributed by atoms with van der Waals surface area (Å²) in [7, 11) is -4.07. The summed E-state index contributed by atoms with van der Waals surface area (Å²) in [5.74, 6) is 0.467. The summed E-state index contributed by atoms with van der Waals surface area (Å²) in [6.45, 7) is 1.92. The molecule has 2 N–H and O–H groups in total. The maximum absolute atomic E-state index is 10.4. The van der Waals surface area contributed by atoms with Crippen LogP contribution in [0.1, 0.15) is 5.56 Å². The third-order valence-electron chi connectivity index (χ3n) is 1.42. The maximum atomic E-state index is 10.4. The third kappa shape index (κ3) is 4.08. The summed E-state index contributed by atoms with van der Waals surface area (Å²) in [5.41, 5.74) is 1.07. The quantitative estimate of drug-likeness (QED) is 0.729. The first-order valence-corrected chi connectivity index (χ1v) is 5.51. The van der Waals surface area contributed by atoms with E-state index in [9.17, 15) is 4.57 Å². The van der Waals surface area contributed by atoms with Crippen LogP contribution in [0.25, 0.3) is 0 Å². The minimum Gasteiger partial charge on any atom is -0.481 e. The van der Waals surface area contributed by atoms with Crippen molar-refractivity contribution < 1.29 is 19.1 Å². The molecule has 0 aromatic heterocycles. The molecule has 1 rings (SSSR count). The smallest absolute Gasteiger partial charge is 0.362 e. The molecular weight excluding hydrogens is 191 g/mol. The van der Waals surface area contributed by atoms with Gasteiger partial charge in [-0.15, -0.1) is 0 Å². The lowest BCUT2D eigenvalue weighted by atomic mass is 10.2. The molecule has 0 spiro atoms. The van der Waals surface area contributed by atoms with Crippen molar-refractivity contribution in [1.29, 1.82) is 0 Å². The second-order valence-electron chi connectivity index (χ2n) is 2.75. The van der Waals surface area contributed by atoms with Gasteiger partial charge in [-0.2, -0.15) is 0 Å². The van der Waals surface area contributed by atoms with Crippen LogP contribution in [0.3, 0.4) is 0 Å². The lowest BCUT2D eigenvalue weighted by molar-refractivity contribution is 0.300. The minimum absolute atomic E-state index is 0.467. The van der Waals surface area contributed by atoms with Gasteiger partial charge in [-0.05, 0) is 19.1 Å². The summed E-state index contributed by atoms with van der Waals surface area (Å²) in [6, 6.07) is 6.97. The SMILES string of the molecule is Cc1ccc(OCP(=O)(O)O)cc1. The van der Waals surface area contributed by atoms with Crippen molar-refractivity contribution in [3.05, 3.63) is 29.8 Å². The van der Waals surface area contributed by atoms with Gasteiger partial charge in [-0.25, -0.2) is 0 Å². The Morgan fingerprint density at radius 3 is 2.31 bits per heavy atom. The highest BCUT2D eigenvalue weighted by Gasteiger charge is 2.13. The first kappa shape index (κ1) is 10.3. The number of hydrogen-bond donors (Lipinski definition) is 2. The first-order chi connectivity index (χ1) is 5.97. The maximum Gasteiger partial charge on any atom is 0.362 e. The van der Waals surface area contributed by atoms with Crippen LogP contribution in [0.2, 0.25) is 0 Å². The van der Waals surface area contributed by atoms with E-state index < -0.39 is 13.9 Å². The summed E-state index contributed by atoms with van der Waals surface area (Å²) in [4.78, 5) is 17.0. The Morgan fingerprint density at radius 2 is 1.85 bits per heavy atom. The van der Waals surface area contributed by atoms with Crippen LogP contribution in [-0.4, -0.2) is 16.1 Å². The molecule has 0 aliphatic rings. The Morgan fingerprint density at radius 1 is 1.31 bits per heavy atom. The average molecular weight is 202 g/mol. The van der Waals surface area contributed by atoms with E-state index in [4.69, 9.17) is 14.5 Å². The van der Waals surface area contributed by atoms with E-state index in [-0.39, 0.29) is 0 Å². The molecule has 0 aliphatic heterocycles. The predicted octanol–water partition coefficient (Wildman–Crippen LogP) is 1.51. The van der Waals surface area contributed by atoms with E-state index in [0.717, 1.165) is 5.56 Å². The van der Waals surface area contributed by atoms with Crippen LogP contribution in [0.4, 0.5) is 0 Å². The molecule has 0 heterocycles. The van der Waals surface area contributed by atoms with Gasteiger partial charge in [0, 0.05) is 0 Å². The highest BCUT2D eigenvalue weighted by molar-refractivity contribution is 7.51. The second-order valence-corrected chi connectivity index (χ2v) is 4.34. The van der Waals surface area contributed by atoms with E-state index in [1.165, 1.54) is 0 Å². The van der Waals surface area contributed by atoms with Crippen LogP contribution in [-0.2, 0) is 4.57 Å². The largest absolute Gasteiger partial charge is 0.481 e. The predicted molar refractivity (Wildman–Crippen MR) is 48.7 cm³/mol. The molecule has 0 radical (unpaired) electrons. The molecule has 0 saturated heterocycles. The van der Waals surface area contributed by atoms with E-state index >= 15 is 0 Å². The number of hydrogen-bond acceptors (Lipinski definition) is 2. The van der Waals surface area contributed by atoms with E-state index in [1.807, 2.05) is 19.1 Å². The topological polar surface area (TPSA) is 66.8 Å². The van der Waals surface area contributed by atoms with Crippen LogP contribution in [0.5, 0.6) is 5.75 Å². The Hall–Kier alpha value is -0.830. The Labute approximate surface area is 76.3 Å². The van der Waals surface area contributed by atoms with E-state index in [1.54, 1.807) is 12.1 Å². The first-order valence-electron chi connectivity index (χ1n) is 3.71. The number of aryl methyl sites for hydroxylation is 1. The van der Waals surface area contributed by atoms with Crippen molar-refractivity contribution in [3.63, 3.8) is 0 Å². The molecule has 0 aliphatic carbocycles. The van der Waals surface area contributed by atoms with Gasteiger partial charge in [0.05, 0.1) is 0 Å². The molecule has 72 valence electrons. The van der Waals surface area contributed by atoms with Crippen LogP contribution in [0.15, 0.2) is 24.3 Å². The van der Waals surface area contributed by atoms with E-state index in [0.29, 0.717) is 5.75 Å². The minimum atomic E-state index is -4.07. The monoisotopic (exact) mass is 202 g/mol. The number of rotatable bonds is 3. The average Bonchev–Trinajstić information content (AvgIpc) is 2.02. The summed E-state index contributed by atoms with van der Waals surface area (Å²) in [6.07, 6.45) is -0.573. The molecule has 0 atom stereocenters. The normalized spacial score (nSPS) is 11.3. The lowest BCUT2D eigenvalue weighted by Crippen LogP contribution is -1.97. The molecular formula is C8H11O4P. The molecule has 5 heteroatoms. The molecule has 0 fully saturated rings. The van der Waals surface area contributed by atoms with Gasteiger partial charge in [0.15, 0.2) is 6.35 Å². The molecule has 0 unspecified atom stereocenters. The van der Waals surface area contributed by atoms with Crippen molar-refractivity contribution in [1.82, 2.24) is 0 Å². The standard InChI is InChI=1S/C8H11O4P/c1-7-2-4-8(5-3-7)12-6-13(9,10)11/h2-5H,6H2,1H3,(H2,9,10,11). The van der Waals surface area contributed by atoms with Crippen molar-refractivity contribution in [3.8, 4) is 5.75 Å². The highest BCUT2D eigenvalue weighted by Crippen LogP contribution is 2.34. The zero-order chi connectivity index (χ0) is 9.90. The van der Waals surface area contributed by atoms with Gasteiger partial charge < -0.3 is 14.5 Å². The summed E-state index contributed by atoms with van der Waals surface area (Å²) in [5, 5.41) is 0. The number of benzene rings is 1. The molecule has 1 aromatic rings. The Bertz CT molecular complexity index is 313. The fourth-order valence-corrected chi connectivity index (χ4v) is 1.11. The van der Waals surface area contributed by atoms with Crippen molar-refractivity contribution >= 4 is 7.60 Å². The van der Waals surface area contributed by atoms with Gasteiger partial charge in [-0.3, -0.25) is 4.57 Å². The molecule has 0 saturated carbocycles. The highest BCUT2D eigenvalue weighted by atomic mass is 31.2. The van der Waals surface area contributed by atoms with Crippen LogP contribution >= 0.6 is 7.60 Å². The van der Waals surface area contributed by atoms with Crippen molar-refractivity contribution in [2.24, 2.45) is 0 Å². The van der Waals surface area contributed by atoms with Gasteiger partial charge >= 0.3 is 7.60 Å². The molecule has 1 aromatic carbocycles. The van der Waals surface area contributed by atoms with Gasteiger partial charge in [0.1, 0.15) is 5.75 Å². The zero-order valence-electron chi connectivity index (χ0n) is 7.17. The third-order valence-corrected chi connectivity index (χ3v) is 1.89. The van der Waals surface area contributed by atoms with E-state index in [2.05, 4.69) is 0 Å². The Kier molecular flexibility index (Phi) is 3.09. The van der Waals surface area contributed by atoms with Crippen LogP contribution < -0.4 is 4.74 Å². The van der Waals surface area contributed by atoms with Gasteiger partial charge in [0.25, 0.3) is 0 Å². The molecule has 0 amide bonds. The Balaban J connectivity index is 2.56.